The van der Waals surface area contributed by atoms with Crippen LogP contribution in [-0.4, -0.2) is 4.57 Å². The van der Waals surface area contributed by atoms with Crippen molar-refractivity contribution in [1.29, 1.82) is 0 Å². The molecule has 0 radical (unpaired) electrons. The zero-order chi connectivity index (χ0) is 17.0. The van der Waals surface area contributed by atoms with Crippen LogP contribution in [0.3, 0.4) is 0 Å². The van der Waals surface area contributed by atoms with Crippen molar-refractivity contribution in [3.63, 3.8) is 0 Å². The molecule has 1 aromatic heterocycles. The number of nitrogens with zero attached hydrogens (tertiary/aromatic N) is 1. The molecule has 5 rings (SSSR count). The number of hydrogen-bond acceptors (Lipinski definition) is 0. The van der Waals surface area contributed by atoms with Crippen LogP contribution < -0.4 is 0 Å². The number of aromatic nitrogens is 1. The van der Waals surface area contributed by atoms with Gasteiger partial charge in [-0.05, 0) is 41.1 Å². The molecule has 25 heavy (non-hydrogen) atoms. The quantitative estimate of drug-likeness (QED) is 0.274. The third-order valence-corrected chi connectivity index (χ3v) is 5.75. The Labute approximate surface area is 158 Å². The molecule has 5 aromatic rings. The number of para-hydroxylation sites is 2. The zero-order valence-corrected chi connectivity index (χ0v) is 15.6. The van der Waals surface area contributed by atoms with E-state index in [-0.39, 0.29) is 0 Å². The fraction of sp³-hybridized carbons (Fsp3) is 0. The van der Waals surface area contributed by atoms with Gasteiger partial charge in [-0.2, -0.15) is 0 Å². The zero-order valence-electron chi connectivity index (χ0n) is 13.2. The predicted octanol–water partition coefficient (Wildman–Crippen LogP) is 7.35. The smallest absolute Gasteiger partial charge is 0.0648 e. The number of benzene rings is 4. The molecule has 120 valence electrons. The first-order valence-corrected chi connectivity index (χ1v) is 9.28. The Bertz CT molecular complexity index is 1270. The lowest BCUT2D eigenvalue weighted by Gasteiger charge is -2.10. The topological polar surface area (TPSA) is 4.93 Å². The minimum Gasteiger partial charge on any atom is -0.308 e. The Kier molecular flexibility index (Phi) is 3.37. The van der Waals surface area contributed by atoms with Crippen LogP contribution in [0.15, 0.2) is 83.3 Å². The summed E-state index contributed by atoms with van der Waals surface area (Å²) >= 11 is 10.2. The first-order chi connectivity index (χ1) is 12.3. The lowest BCUT2D eigenvalue weighted by molar-refractivity contribution is 1.18. The maximum Gasteiger partial charge on any atom is 0.0648 e. The molecular weight excluding hydrogens is 394 g/mol. The van der Waals surface area contributed by atoms with Crippen molar-refractivity contribution >= 4 is 60.1 Å². The van der Waals surface area contributed by atoms with Gasteiger partial charge in [-0.1, -0.05) is 76.1 Å². The van der Waals surface area contributed by atoms with Crippen molar-refractivity contribution in [3.05, 3.63) is 88.4 Å². The Balaban J connectivity index is 2.07. The number of rotatable bonds is 1. The molecule has 0 aliphatic rings. The summed E-state index contributed by atoms with van der Waals surface area (Å²) in [4.78, 5) is 0. The SMILES string of the molecule is Clc1ccccc1-n1c2ccccc2c2c3cccc(Br)c3ccc21. The highest BCUT2D eigenvalue weighted by Crippen LogP contribution is 2.39. The maximum atomic E-state index is 6.53. The standard InChI is InChI=1S/C22H13BrClN/c23-17-8-5-7-15-14(17)12-13-21-22(15)16-6-1-3-10-19(16)25(21)20-11-4-2-9-18(20)24/h1-13H. The summed E-state index contributed by atoms with van der Waals surface area (Å²) in [5.74, 6) is 0. The highest BCUT2D eigenvalue weighted by Gasteiger charge is 2.16. The van der Waals surface area contributed by atoms with Gasteiger partial charge in [0.25, 0.3) is 0 Å². The van der Waals surface area contributed by atoms with E-state index in [1.165, 1.54) is 27.1 Å². The molecule has 4 aromatic carbocycles. The van der Waals surface area contributed by atoms with Crippen molar-refractivity contribution in [2.75, 3.05) is 0 Å². The van der Waals surface area contributed by atoms with Crippen LogP contribution in [0.2, 0.25) is 5.02 Å². The molecular formula is C22H13BrClN. The van der Waals surface area contributed by atoms with Crippen LogP contribution >= 0.6 is 27.5 Å². The van der Waals surface area contributed by atoms with Gasteiger partial charge in [0.2, 0.25) is 0 Å². The summed E-state index contributed by atoms with van der Waals surface area (Å²) in [7, 11) is 0. The second-order valence-corrected chi connectivity index (χ2v) is 7.36. The molecule has 0 aliphatic heterocycles. The minimum absolute atomic E-state index is 0.750. The molecule has 0 atom stereocenters. The van der Waals surface area contributed by atoms with E-state index in [0.717, 1.165) is 20.7 Å². The van der Waals surface area contributed by atoms with E-state index in [1.54, 1.807) is 0 Å². The molecule has 0 spiro atoms. The van der Waals surface area contributed by atoms with Gasteiger partial charge >= 0.3 is 0 Å². The lowest BCUT2D eigenvalue weighted by Crippen LogP contribution is -1.94. The minimum atomic E-state index is 0.750. The molecule has 0 unspecified atom stereocenters. The third-order valence-electron chi connectivity index (χ3n) is 4.73. The van der Waals surface area contributed by atoms with Gasteiger partial charge < -0.3 is 4.57 Å². The first kappa shape index (κ1) is 15.0. The van der Waals surface area contributed by atoms with Gasteiger partial charge in [0.15, 0.2) is 0 Å². The van der Waals surface area contributed by atoms with E-state index in [4.69, 9.17) is 11.6 Å². The summed E-state index contributed by atoms with van der Waals surface area (Å²) in [6.45, 7) is 0. The van der Waals surface area contributed by atoms with E-state index in [2.05, 4.69) is 81.2 Å². The summed E-state index contributed by atoms with van der Waals surface area (Å²) in [5, 5.41) is 5.71. The van der Waals surface area contributed by atoms with Gasteiger partial charge in [0.1, 0.15) is 0 Å². The van der Waals surface area contributed by atoms with Crippen molar-refractivity contribution in [2.45, 2.75) is 0 Å². The number of hydrogen-bond donors (Lipinski definition) is 0. The van der Waals surface area contributed by atoms with Crippen molar-refractivity contribution < 1.29 is 0 Å². The summed E-state index contributed by atoms with van der Waals surface area (Å²) in [5.41, 5.74) is 3.34. The molecule has 3 heteroatoms. The van der Waals surface area contributed by atoms with Crippen molar-refractivity contribution in [1.82, 2.24) is 4.57 Å². The molecule has 0 amide bonds. The molecule has 0 aliphatic carbocycles. The highest BCUT2D eigenvalue weighted by atomic mass is 79.9. The normalized spacial score (nSPS) is 11.6. The Morgan fingerprint density at radius 3 is 2.28 bits per heavy atom. The average Bonchev–Trinajstić information content (AvgIpc) is 2.97. The summed E-state index contributed by atoms with van der Waals surface area (Å²) in [6, 6.07) is 27.2. The molecule has 0 saturated heterocycles. The Morgan fingerprint density at radius 2 is 1.40 bits per heavy atom. The van der Waals surface area contributed by atoms with Crippen LogP contribution in [0.5, 0.6) is 0 Å². The fourth-order valence-corrected chi connectivity index (χ4v) is 4.40. The van der Waals surface area contributed by atoms with Gasteiger partial charge in [-0.3, -0.25) is 0 Å². The molecule has 1 heterocycles. The van der Waals surface area contributed by atoms with E-state index < -0.39 is 0 Å². The van der Waals surface area contributed by atoms with Gasteiger partial charge in [-0.25, -0.2) is 0 Å². The van der Waals surface area contributed by atoms with Crippen molar-refractivity contribution in [2.24, 2.45) is 0 Å². The fourth-order valence-electron chi connectivity index (χ4n) is 3.68. The first-order valence-electron chi connectivity index (χ1n) is 8.11. The van der Waals surface area contributed by atoms with Crippen LogP contribution in [-0.2, 0) is 0 Å². The maximum absolute atomic E-state index is 6.53. The van der Waals surface area contributed by atoms with Crippen LogP contribution in [0.4, 0.5) is 0 Å². The molecule has 0 bridgehead atoms. The monoisotopic (exact) mass is 405 g/mol. The van der Waals surface area contributed by atoms with Crippen LogP contribution in [0.25, 0.3) is 38.3 Å². The van der Waals surface area contributed by atoms with Crippen LogP contribution in [0.1, 0.15) is 0 Å². The second kappa shape index (κ2) is 5.62. The van der Waals surface area contributed by atoms with Gasteiger partial charge in [0, 0.05) is 15.2 Å². The average molecular weight is 407 g/mol. The lowest BCUT2D eigenvalue weighted by atomic mass is 10.0. The van der Waals surface area contributed by atoms with E-state index in [0.29, 0.717) is 0 Å². The van der Waals surface area contributed by atoms with Gasteiger partial charge in [-0.15, -0.1) is 0 Å². The summed E-state index contributed by atoms with van der Waals surface area (Å²) < 4.78 is 3.37. The van der Waals surface area contributed by atoms with Crippen molar-refractivity contribution in [3.8, 4) is 5.69 Å². The summed E-state index contributed by atoms with van der Waals surface area (Å²) in [6.07, 6.45) is 0. The predicted molar refractivity (Wildman–Crippen MR) is 111 cm³/mol. The Morgan fingerprint density at radius 1 is 0.640 bits per heavy atom. The van der Waals surface area contributed by atoms with E-state index in [1.807, 2.05) is 18.2 Å². The largest absolute Gasteiger partial charge is 0.308 e. The molecule has 0 fully saturated rings. The van der Waals surface area contributed by atoms with Crippen LogP contribution in [0, 0.1) is 0 Å². The molecule has 0 saturated carbocycles. The Hall–Kier alpha value is -2.29. The second-order valence-electron chi connectivity index (χ2n) is 6.10. The molecule has 0 N–H and O–H groups in total. The highest BCUT2D eigenvalue weighted by molar-refractivity contribution is 9.10. The third kappa shape index (κ3) is 2.14. The number of fused-ring (bicyclic) bond motifs is 5. The number of halogens is 2. The van der Waals surface area contributed by atoms with Gasteiger partial charge in [0.05, 0.1) is 21.7 Å². The molecule has 1 nitrogen and oxygen atoms in total. The van der Waals surface area contributed by atoms with E-state index >= 15 is 0 Å². The van der Waals surface area contributed by atoms with E-state index in [9.17, 15) is 0 Å².